The summed E-state index contributed by atoms with van der Waals surface area (Å²) in [6.45, 7) is 4.21. The number of benzene rings is 2. The van der Waals surface area contributed by atoms with Gasteiger partial charge in [-0.2, -0.15) is 0 Å². The zero-order valence-corrected chi connectivity index (χ0v) is 13.4. The summed E-state index contributed by atoms with van der Waals surface area (Å²) in [7, 11) is 0. The normalized spacial score (nSPS) is 10.7. The van der Waals surface area contributed by atoms with Crippen molar-refractivity contribution in [2.45, 2.75) is 19.9 Å². The number of anilines is 1. The first-order valence-corrected chi connectivity index (χ1v) is 7.78. The molecule has 3 heteroatoms. The van der Waals surface area contributed by atoms with Crippen LogP contribution >= 0.6 is 0 Å². The van der Waals surface area contributed by atoms with Crippen molar-refractivity contribution in [3.8, 4) is 11.1 Å². The fourth-order valence-corrected chi connectivity index (χ4v) is 2.52. The molecule has 0 saturated carbocycles. The minimum Gasteiger partial charge on any atom is -0.350 e. The second-order valence-electron chi connectivity index (χ2n) is 5.81. The highest BCUT2D eigenvalue weighted by Gasteiger charge is 2.17. The second-order valence-corrected chi connectivity index (χ2v) is 5.81. The monoisotopic (exact) mass is 304 g/mol. The van der Waals surface area contributed by atoms with Crippen LogP contribution in [0.5, 0.6) is 0 Å². The van der Waals surface area contributed by atoms with Crippen molar-refractivity contribution in [1.82, 2.24) is 4.57 Å². The van der Waals surface area contributed by atoms with Gasteiger partial charge in [-0.3, -0.25) is 4.79 Å². The molecule has 0 aliphatic heterocycles. The number of hydrogen-bond acceptors (Lipinski definition) is 1. The Morgan fingerprint density at radius 3 is 2.13 bits per heavy atom. The number of amides is 1. The first-order valence-electron chi connectivity index (χ1n) is 7.78. The van der Waals surface area contributed by atoms with E-state index < -0.39 is 0 Å². The molecule has 0 radical (unpaired) electrons. The Balaban J connectivity index is 1.98. The molecular formula is C20H20N2O. The van der Waals surface area contributed by atoms with E-state index in [1.807, 2.05) is 73.1 Å². The van der Waals surface area contributed by atoms with Crippen molar-refractivity contribution in [2.75, 3.05) is 5.32 Å². The third-order valence-electron chi connectivity index (χ3n) is 3.80. The molecule has 0 saturated heterocycles. The zero-order valence-electron chi connectivity index (χ0n) is 13.4. The van der Waals surface area contributed by atoms with Gasteiger partial charge in [0.05, 0.1) is 5.56 Å². The van der Waals surface area contributed by atoms with Crippen LogP contribution in [0.4, 0.5) is 5.69 Å². The summed E-state index contributed by atoms with van der Waals surface area (Å²) in [6.07, 6.45) is 3.96. The van der Waals surface area contributed by atoms with Gasteiger partial charge in [0.15, 0.2) is 0 Å². The van der Waals surface area contributed by atoms with E-state index in [0.29, 0.717) is 11.6 Å². The van der Waals surface area contributed by atoms with Gasteiger partial charge < -0.3 is 9.88 Å². The maximum absolute atomic E-state index is 12.7. The number of carbonyl (C=O) groups is 1. The van der Waals surface area contributed by atoms with Gasteiger partial charge in [-0.05, 0) is 31.5 Å². The molecule has 3 aromatic rings. The van der Waals surface area contributed by atoms with Crippen LogP contribution in [0.1, 0.15) is 30.2 Å². The van der Waals surface area contributed by atoms with Crippen molar-refractivity contribution in [3.63, 3.8) is 0 Å². The third-order valence-corrected chi connectivity index (χ3v) is 3.80. The lowest BCUT2D eigenvalue weighted by atomic mass is 10.0. The largest absolute Gasteiger partial charge is 0.350 e. The minimum absolute atomic E-state index is 0.0885. The molecule has 2 aromatic carbocycles. The molecule has 3 rings (SSSR count). The van der Waals surface area contributed by atoms with Crippen molar-refractivity contribution < 1.29 is 4.79 Å². The molecule has 0 aliphatic rings. The molecular weight excluding hydrogens is 284 g/mol. The number of para-hydroxylation sites is 1. The molecule has 0 spiro atoms. The highest BCUT2D eigenvalue weighted by molar-refractivity contribution is 6.08. The SMILES string of the molecule is CC(C)n1cc(C(=O)Nc2ccccc2)c(-c2ccccc2)c1. The van der Waals surface area contributed by atoms with Crippen LogP contribution in [-0.2, 0) is 0 Å². The molecule has 1 N–H and O–H groups in total. The molecule has 1 amide bonds. The molecule has 0 fully saturated rings. The highest BCUT2D eigenvalue weighted by atomic mass is 16.1. The van der Waals surface area contributed by atoms with Crippen molar-refractivity contribution in [2.24, 2.45) is 0 Å². The Morgan fingerprint density at radius 2 is 1.52 bits per heavy atom. The van der Waals surface area contributed by atoms with Gasteiger partial charge in [-0.25, -0.2) is 0 Å². The summed E-state index contributed by atoms with van der Waals surface area (Å²) in [5.74, 6) is -0.0885. The van der Waals surface area contributed by atoms with Gasteiger partial charge in [0.2, 0.25) is 0 Å². The van der Waals surface area contributed by atoms with E-state index >= 15 is 0 Å². The predicted octanol–water partition coefficient (Wildman–Crippen LogP) is 4.99. The quantitative estimate of drug-likeness (QED) is 0.724. The van der Waals surface area contributed by atoms with E-state index in [9.17, 15) is 4.79 Å². The number of nitrogens with zero attached hydrogens (tertiary/aromatic N) is 1. The van der Waals surface area contributed by atoms with E-state index in [1.54, 1.807) is 0 Å². The third kappa shape index (κ3) is 3.34. The average molecular weight is 304 g/mol. The lowest BCUT2D eigenvalue weighted by Crippen LogP contribution is -2.12. The summed E-state index contributed by atoms with van der Waals surface area (Å²) in [5.41, 5.74) is 3.49. The Kier molecular flexibility index (Phi) is 4.29. The summed E-state index contributed by atoms with van der Waals surface area (Å²) >= 11 is 0. The molecule has 3 nitrogen and oxygen atoms in total. The molecule has 116 valence electrons. The second kappa shape index (κ2) is 6.53. The Morgan fingerprint density at radius 1 is 0.913 bits per heavy atom. The van der Waals surface area contributed by atoms with Crippen molar-refractivity contribution in [1.29, 1.82) is 0 Å². The van der Waals surface area contributed by atoms with Gasteiger partial charge in [-0.15, -0.1) is 0 Å². The molecule has 0 atom stereocenters. The van der Waals surface area contributed by atoms with E-state index in [2.05, 4.69) is 23.7 Å². The highest BCUT2D eigenvalue weighted by Crippen LogP contribution is 2.27. The van der Waals surface area contributed by atoms with Crippen LogP contribution in [0.15, 0.2) is 73.1 Å². The number of nitrogens with one attached hydrogen (secondary N) is 1. The van der Waals surface area contributed by atoms with E-state index in [4.69, 9.17) is 0 Å². The molecule has 0 bridgehead atoms. The Hall–Kier alpha value is -2.81. The minimum atomic E-state index is -0.0885. The standard InChI is InChI=1S/C20H20N2O/c1-15(2)22-13-18(16-9-5-3-6-10-16)19(14-22)20(23)21-17-11-7-4-8-12-17/h3-15H,1-2H3,(H,21,23). The number of hydrogen-bond donors (Lipinski definition) is 1. The van der Waals surface area contributed by atoms with E-state index in [0.717, 1.165) is 16.8 Å². The van der Waals surface area contributed by atoms with Gasteiger partial charge in [-0.1, -0.05) is 48.5 Å². The molecule has 0 unspecified atom stereocenters. The van der Waals surface area contributed by atoms with Crippen LogP contribution in [0.2, 0.25) is 0 Å². The first kappa shape index (κ1) is 15.1. The fraction of sp³-hybridized carbons (Fsp3) is 0.150. The Labute approximate surface area is 136 Å². The molecule has 1 aromatic heterocycles. The molecule has 23 heavy (non-hydrogen) atoms. The first-order chi connectivity index (χ1) is 11.1. The van der Waals surface area contributed by atoms with Gasteiger partial charge >= 0.3 is 0 Å². The lowest BCUT2D eigenvalue weighted by Gasteiger charge is -2.06. The maximum atomic E-state index is 12.7. The summed E-state index contributed by atoms with van der Waals surface area (Å²) in [6, 6.07) is 19.8. The molecule has 1 heterocycles. The molecule has 0 aliphatic carbocycles. The average Bonchev–Trinajstić information content (AvgIpc) is 3.02. The van der Waals surface area contributed by atoms with Gasteiger partial charge in [0.1, 0.15) is 0 Å². The smallest absolute Gasteiger partial charge is 0.257 e. The summed E-state index contributed by atoms with van der Waals surface area (Å²) < 4.78 is 2.07. The number of rotatable bonds is 4. The number of carbonyl (C=O) groups excluding carboxylic acids is 1. The van der Waals surface area contributed by atoms with Crippen LogP contribution in [0.25, 0.3) is 11.1 Å². The van der Waals surface area contributed by atoms with Gasteiger partial charge in [0, 0.05) is 29.7 Å². The van der Waals surface area contributed by atoms with Crippen molar-refractivity contribution in [3.05, 3.63) is 78.6 Å². The maximum Gasteiger partial charge on any atom is 0.257 e. The number of aromatic nitrogens is 1. The fourth-order valence-electron chi connectivity index (χ4n) is 2.52. The van der Waals surface area contributed by atoms with Crippen LogP contribution in [0, 0.1) is 0 Å². The lowest BCUT2D eigenvalue weighted by molar-refractivity contribution is 0.102. The zero-order chi connectivity index (χ0) is 16.2. The summed E-state index contributed by atoms with van der Waals surface area (Å²) in [5, 5.41) is 2.97. The van der Waals surface area contributed by atoms with Crippen LogP contribution in [-0.4, -0.2) is 10.5 Å². The van der Waals surface area contributed by atoms with Crippen molar-refractivity contribution >= 4 is 11.6 Å². The van der Waals surface area contributed by atoms with Crippen LogP contribution in [0.3, 0.4) is 0 Å². The Bertz CT molecular complexity index is 789. The predicted molar refractivity (Wildman–Crippen MR) is 94.6 cm³/mol. The van der Waals surface area contributed by atoms with E-state index in [-0.39, 0.29) is 5.91 Å². The van der Waals surface area contributed by atoms with Gasteiger partial charge in [0.25, 0.3) is 5.91 Å². The van der Waals surface area contributed by atoms with Crippen LogP contribution < -0.4 is 5.32 Å². The topological polar surface area (TPSA) is 34.0 Å². The van der Waals surface area contributed by atoms with E-state index in [1.165, 1.54) is 0 Å². The summed E-state index contributed by atoms with van der Waals surface area (Å²) in [4.78, 5) is 12.7.